The molecule has 0 aromatic carbocycles. The summed E-state index contributed by atoms with van der Waals surface area (Å²) >= 11 is 0. The molecule has 0 radical (unpaired) electrons. The first-order valence-electron chi connectivity index (χ1n) is 6.42. The summed E-state index contributed by atoms with van der Waals surface area (Å²) in [5, 5.41) is 11.9. The molecule has 2 rings (SSSR count). The van der Waals surface area contributed by atoms with Gasteiger partial charge in [-0.05, 0) is 25.7 Å². The first kappa shape index (κ1) is 13.3. The Balaban J connectivity index is 1.89. The lowest BCUT2D eigenvalue weighted by Crippen LogP contribution is -2.57. The normalized spacial score (nSPS) is 36.3. The van der Waals surface area contributed by atoms with Crippen LogP contribution in [0.4, 0.5) is 0 Å². The van der Waals surface area contributed by atoms with E-state index in [1.807, 2.05) is 0 Å². The van der Waals surface area contributed by atoms with Gasteiger partial charge in [0.1, 0.15) is 5.54 Å². The minimum Gasteiger partial charge on any atom is -0.481 e. The highest BCUT2D eigenvalue weighted by atomic mass is 16.5. The van der Waals surface area contributed by atoms with Crippen molar-refractivity contribution in [3.8, 4) is 0 Å². The van der Waals surface area contributed by atoms with Crippen molar-refractivity contribution in [2.45, 2.75) is 43.7 Å². The van der Waals surface area contributed by atoms with Crippen LogP contribution >= 0.6 is 0 Å². The second-order valence-electron chi connectivity index (χ2n) is 5.33. The second kappa shape index (κ2) is 5.24. The third-order valence-electron chi connectivity index (χ3n) is 3.86. The fraction of sp³-hybridized carbons (Fsp3) is 0.833. The maximum atomic E-state index is 12.0. The van der Waals surface area contributed by atoms with Crippen LogP contribution in [0.5, 0.6) is 0 Å². The van der Waals surface area contributed by atoms with Crippen LogP contribution in [0.1, 0.15) is 32.1 Å². The molecule has 3 atom stereocenters. The molecule has 1 saturated carbocycles. The molecule has 1 heterocycles. The lowest BCUT2D eigenvalue weighted by atomic mass is 9.85. The Morgan fingerprint density at radius 2 is 2.17 bits per heavy atom. The smallest absolute Gasteiger partial charge is 0.306 e. The van der Waals surface area contributed by atoms with Crippen LogP contribution in [0.25, 0.3) is 0 Å². The predicted octanol–water partition coefficient (Wildman–Crippen LogP) is -0.136. The quantitative estimate of drug-likeness (QED) is 0.652. The number of carbonyl (C=O) groups is 2. The van der Waals surface area contributed by atoms with Gasteiger partial charge in [-0.15, -0.1) is 0 Å². The van der Waals surface area contributed by atoms with E-state index in [0.717, 1.165) is 12.8 Å². The van der Waals surface area contributed by atoms with Crippen molar-refractivity contribution in [1.29, 1.82) is 0 Å². The van der Waals surface area contributed by atoms with Crippen LogP contribution in [0.15, 0.2) is 0 Å². The van der Waals surface area contributed by atoms with Crippen molar-refractivity contribution in [2.75, 3.05) is 13.2 Å². The van der Waals surface area contributed by atoms with E-state index in [-0.39, 0.29) is 24.5 Å². The Bertz CT molecular complexity index is 339. The zero-order chi connectivity index (χ0) is 13.2. The summed E-state index contributed by atoms with van der Waals surface area (Å²) in [6.07, 6.45) is 3.37. The zero-order valence-corrected chi connectivity index (χ0v) is 10.4. The Labute approximate surface area is 106 Å². The number of amides is 1. The Kier molecular flexibility index (Phi) is 3.87. The maximum absolute atomic E-state index is 12.0. The number of carboxylic acids is 1. The average molecular weight is 256 g/mol. The van der Waals surface area contributed by atoms with Gasteiger partial charge >= 0.3 is 5.97 Å². The fourth-order valence-corrected chi connectivity index (χ4v) is 2.63. The molecule has 6 nitrogen and oxygen atoms in total. The van der Waals surface area contributed by atoms with E-state index in [2.05, 4.69) is 5.32 Å². The SMILES string of the molecule is NC1(C(=O)NC2CCCC(C(=O)O)C2)CCOC1. The van der Waals surface area contributed by atoms with Crippen LogP contribution in [0.2, 0.25) is 0 Å². The van der Waals surface area contributed by atoms with Gasteiger partial charge in [0.05, 0.1) is 12.5 Å². The van der Waals surface area contributed by atoms with E-state index in [1.165, 1.54) is 0 Å². The van der Waals surface area contributed by atoms with E-state index in [0.29, 0.717) is 25.9 Å². The van der Waals surface area contributed by atoms with Gasteiger partial charge in [0.25, 0.3) is 0 Å². The molecule has 3 unspecified atom stereocenters. The molecular formula is C12H20N2O4. The molecule has 0 bridgehead atoms. The number of ether oxygens (including phenoxy) is 1. The van der Waals surface area contributed by atoms with Crippen LogP contribution in [0.3, 0.4) is 0 Å². The van der Waals surface area contributed by atoms with Gasteiger partial charge in [0.15, 0.2) is 0 Å². The lowest BCUT2D eigenvalue weighted by molar-refractivity contribution is -0.143. The van der Waals surface area contributed by atoms with Crippen molar-refractivity contribution in [1.82, 2.24) is 5.32 Å². The van der Waals surface area contributed by atoms with Crippen LogP contribution in [-0.2, 0) is 14.3 Å². The first-order valence-corrected chi connectivity index (χ1v) is 6.42. The number of carboxylic acid groups (broad SMARTS) is 1. The molecule has 2 aliphatic rings. The van der Waals surface area contributed by atoms with Crippen LogP contribution < -0.4 is 11.1 Å². The molecule has 0 spiro atoms. The van der Waals surface area contributed by atoms with Gasteiger partial charge in [-0.1, -0.05) is 6.42 Å². The largest absolute Gasteiger partial charge is 0.481 e. The molecule has 2 fully saturated rings. The van der Waals surface area contributed by atoms with Gasteiger partial charge in [0, 0.05) is 12.6 Å². The molecule has 4 N–H and O–H groups in total. The van der Waals surface area contributed by atoms with E-state index in [1.54, 1.807) is 0 Å². The molecule has 1 amide bonds. The van der Waals surface area contributed by atoms with Gasteiger partial charge in [-0.25, -0.2) is 0 Å². The monoisotopic (exact) mass is 256 g/mol. The topological polar surface area (TPSA) is 102 Å². The summed E-state index contributed by atoms with van der Waals surface area (Å²) in [6.45, 7) is 0.750. The maximum Gasteiger partial charge on any atom is 0.306 e. The van der Waals surface area contributed by atoms with Crippen molar-refractivity contribution in [3.63, 3.8) is 0 Å². The first-order chi connectivity index (χ1) is 8.51. The van der Waals surface area contributed by atoms with Crippen LogP contribution in [-0.4, -0.2) is 41.8 Å². The molecule has 18 heavy (non-hydrogen) atoms. The average Bonchev–Trinajstić information content (AvgIpc) is 2.78. The second-order valence-corrected chi connectivity index (χ2v) is 5.33. The highest BCUT2D eigenvalue weighted by Gasteiger charge is 2.39. The van der Waals surface area contributed by atoms with Crippen molar-refractivity contribution in [2.24, 2.45) is 11.7 Å². The van der Waals surface area contributed by atoms with Gasteiger partial charge in [-0.2, -0.15) is 0 Å². The zero-order valence-electron chi connectivity index (χ0n) is 10.4. The highest BCUT2D eigenvalue weighted by Crippen LogP contribution is 2.25. The third kappa shape index (κ3) is 2.81. The molecule has 0 aromatic rings. The van der Waals surface area contributed by atoms with E-state index >= 15 is 0 Å². The molecule has 1 aliphatic heterocycles. The summed E-state index contributed by atoms with van der Waals surface area (Å²) in [4.78, 5) is 23.0. The Hall–Kier alpha value is -1.14. The number of nitrogens with one attached hydrogen (secondary N) is 1. The molecular weight excluding hydrogens is 236 g/mol. The Morgan fingerprint density at radius 3 is 2.78 bits per heavy atom. The summed E-state index contributed by atoms with van der Waals surface area (Å²) < 4.78 is 5.15. The number of hydrogen-bond acceptors (Lipinski definition) is 4. The summed E-state index contributed by atoms with van der Waals surface area (Å²) in [5.74, 6) is -1.34. The number of rotatable bonds is 3. The molecule has 1 aliphatic carbocycles. The van der Waals surface area contributed by atoms with E-state index in [4.69, 9.17) is 15.6 Å². The lowest BCUT2D eigenvalue weighted by Gasteiger charge is -2.30. The molecule has 102 valence electrons. The van der Waals surface area contributed by atoms with E-state index in [9.17, 15) is 9.59 Å². The molecule has 6 heteroatoms. The van der Waals surface area contributed by atoms with Gasteiger partial charge in [-0.3, -0.25) is 9.59 Å². The number of hydrogen-bond donors (Lipinski definition) is 3. The van der Waals surface area contributed by atoms with E-state index < -0.39 is 11.5 Å². The number of aliphatic carboxylic acids is 1. The van der Waals surface area contributed by atoms with Crippen molar-refractivity contribution >= 4 is 11.9 Å². The molecule has 1 saturated heterocycles. The molecule has 0 aromatic heterocycles. The summed E-state index contributed by atoms with van der Waals surface area (Å²) in [6, 6.07) is -0.0756. The number of carbonyl (C=O) groups excluding carboxylic acids is 1. The van der Waals surface area contributed by atoms with Crippen molar-refractivity contribution < 1.29 is 19.4 Å². The van der Waals surface area contributed by atoms with Crippen LogP contribution in [0, 0.1) is 5.92 Å². The summed E-state index contributed by atoms with van der Waals surface area (Å²) in [5.41, 5.74) is 5.03. The number of nitrogens with two attached hydrogens (primary N) is 1. The Morgan fingerprint density at radius 1 is 1.39 bits per heavy atom. The third-order valence-corrected chi connectivity index (χ3v) is 3.86. The fourth-order valence-electron chi connectivity index (χ4n) is 2.63. The van der Waals surface area contributed by atoms with Crippen molar-refractivity contribution in [3.05, 3.63) is 0 Å². The predicted molar refractivity (Wildman–Crippen MR) is 63.9 cm³/mol. The van der Waals surface area contributed by atoms with Gasteiger partial charge in [0.2, 0.25) is 5.91 Å². The summed E-state index contributed by atoms with van der Waals surface area (Å²) in [7, 11) is 0. The minimum absolute atomic E-state index is 0.0756. The van der Waals surface area contributed by atoms with Gasteiger partial charge < -0.3 is 20.9 Å². The standard InChI is InChI=1S/C12H20N2O4/c13-12(4-5-18-7-12)11(17)14-9-3-1-2-8(6-9)10(15)16/h8-9H,1-7,13H2,(H,14,17)(H,15,16). The minimum atomic E-state index is -0.934. The highest BCUT2D eigenvalue weighted by molar-refractivity contribution is 5.86.